The molecule has 0 spiro atoms. The number of hydrogen-bond acceptors (Lipinski definition) is 3. The minimum atomic E-state index is -0.249. The van der Waals surface area contributed by atoms with Crippen LogP contribution in [0.25, 0.3) is 0 Å². The molecule has 4 heteroatoms. The molecular formula is C14H26N2O2. The van der Waals surface area contributed by atoms with Gasteiger partial charge in [0, 0.05) is 18.0 Å². The van der Waals surface area contributed by atoms with Crippen molar-refractivity contribution in [2.24, 2.45) is 5.92 Å². The van der Waals surface area contributed by atoms with Crippen molar-refractivity contribution in [2.45, 2.75) is 51.2 Å². The Morgan fingerprint density at radius 2 is 1.78 bits per heavy atom. The summed E-state index contributed by atoms with van der Waals surface area (Å²) in [5.74, 6) is 0.496. The number of carbonyl (C=O) groups is 1. The standard InChI is InChI=1S/C14H26N2O2/c1-14(2)10-12(17)6-9-16(14)13(18)11-4-7-15(3)8-5-11/h11-12,17H,4-10H2,1-3H3. The normalized spacial score (nSPS) is 30.4. The second kappa shape index (κ2) is 5.17. The number of hydrogen-bond donors (Lipinski definition) is 1. The number of piperidine rings is 2. The van der Waals surface area contributed by atoms with Crippen molar-refractivity contribution < 1.29 is 9.90 Å². The van der Waals surface area contributed by atoms with Crippen LogP contribution in [0.2, 0.25) is 0 Å². The first-order valence-electron chi connectivity index (χ1n) is 7.08. The van der Waals surface area contributed by atoms with Crippen LogP contribution in [-0.2, 0) is 4.79 Å². The van der Waals surface area contributed by atoms with Gasteiger partial charge in [0.05, 0.1) is 6.10 Å². The van der Waals surface area contributed by atoms with E-state index in [4.69, 9.17) is 0 Å². The fourth-order valence-corrected chi connectivity index (χ4v) is 3.25. The van der Waals surface area contributed by atoms with E-state index in [0.717, 1.165) is 32.4 Å². The third-order valence-corrected chi connectivity index (χ3v) is 4.49. The van der Waals surface area contributed by atoms with Gasteiger partial charge in [-0.05, 0) is 59.7 Å². The molecule has 0 bridgehead atoms. The molecule has 104 valence electrons. The van der Waals surface area contributed by atoms with Crippen LogP contribution in [0.4, 0.5) is 0 Å². The molecule has 0 aromatic rings. The summed E-state index contributed by atoms with van der Waals surface area (Å²) in [6.45, 7) is 6.89. The molecule has 1 N–H and O–H groups in total. The van der Waals surface area contributed by atoms with E-state index in [1.165, 1.54) is 0 Å². The molecule has 0 radical (unpaired) electrons. The molecule has 1 amide bonds. The van der Waals surface area contributed by atoms with Crippen LogP contribution in [0.3, 0.4) is 0 Å². The fourth-order valence-electron chi connectivity index (χ4n) is 3.25. The minimum absolute atomic E-state index is 0.190. The van der Waals surface area contributed by atoms with E-state index in [0.29, 0.717) is 18.9 Å². The second-order valence-corrected chi connectivity index (χ2v) is 6.53. The minimum Gasteiger partial charge on any atom is -0.393 e. The van der Waals surface area contributed by atoms with Gasteiger partial charge in [0.15, 0.2) is 0 Å². The zero-order valence-electron chi connectivity index (χ0n) is 11.9. The molecule has 1 unspecified atom stereocenters. The van der Waals surface area contributed by atoms with Gasteiger partial charge in [-0.2, -0.15) is 0 Å². The Hall–Kier alpha value is -0.610. The van der Waals surface area contributed by atoms with Gasteiger partial charge in [0.1, 0.15) is 0 Å². The monoisotopic (exact) mass is 254 g/mol. The molecule has 0 aliphatic carbocycles. The lowest BCUT2D eigenvalue weighted by molar-refractivity contribution is -0.147. The number of amides is 1. The van der Waals surface area contributed by atoms with Crippen LogP contribution in [0.15, 0.2) is 0 Å². The topological polar surface area (TPSA) is 43.8 Å². The molecule has 0 aromatic carbocycles. The highest BCUT2D eigenvalue weighted by atomic mass is 16.3. The average molecular weight is 254 g/mol. The van der Waals surface area contributed by atoms with Crippen LogP contribution in [0.1, 0.15) is 39.5 Å². The van der Waals surface area contributed by atoms with Crippen molar-refractivity contribution in [1.29, 1.82) is 0 Å². The van der Waals surface area contributed by atoms with E-state index >= 15 is 0 Å². The van der Waals surface area contributed by atoms with E-state index in [-0.39, 0.29) is 17.6 Å². The Kier molecular flexibility index (Phi) is 3.97. The maximum atomic E-state index is 12.6. The van der Waals surface area contributed by atoms with Crippen molar-refractivity contribution in [3.8, 4) is 0 Å². The lowest BCUT2D eigenvalue weighted by atomic mass is 9.85. The SMILES string of the molecule is CN1CCC(C(=O)N2CCC(O)CC2(C)C)CC1. The van der Waals surface area contributed by atoms with Gasteiger partial charge in [-0.25, -0.2) is 0 Å². The van der Waals surface area contributed by atoms with Crippen molar-refractivity contribution in [2.75, 3.05) is 26.7 Å². The lowest BCUT2D eigenvalue weighted by Crippen LogP contribution is -2.56. The van der Waals surface area contributed by atoms with Gasteiger partial charge in [-0.1, -0.05) is 0 Å². The summed E-state index contributed by atoms with van der Waals surface area (Å²) in [5, 5.41) is 9.74. The van der Waals surface area contributed by atoms with Gasteiger partial charge in [-0.3, -0.25) is 4.79 Å². The van der Waals surface area contributed by atoms with Crippen LogP contribution in [0, 0.1) is 5.92 Å². The number of likely N-dealkylation sites (tertiary alicyclic amines) is 2. The number of aliphatic hydroxyl groups excluding tert-OH is 1. The number of nitrogens with zero attached hydrogens (tertiary/aromatic N) is 2. The molecule has 2 heterocycles. The summed E-state index contributed by atoms with van der Waals surface area (Å²) in [4.78, 5) is 16.9. The zero-order chi connectivity index (χ0) is 13.3. The smallest absolute Gasteiger partial charge is 0.226 e. The summed E-state index contributed by atoms with van der Waals surface area (Å²) in [7, 11) is 2.11. The van der Waals surface area contributed by atoms with E-state index in [9.17, 15) is 9.90 Å². The molecule has 0 saturated carbocycles. The second-order valence-electron chi connectivity index (χ2n) is 6.53. The molecule has 2 fully saturated rings. The number of aliphatic hydroxyl groups is 1. The highest BCUT2D eigenvalue weighted by Gasteiger charge is 2.39. The van der Waals surface area contributed by atoms with Gasteiger partial charge < -0.3 is 14.9 Å². The summed E-state index contributed by atoms with van der Waals surface area (Å²) in [5.41, 5.74) is -0.196. The quantitative estimate of drug-likeness (QED) is 0.762. The van der Waals surface area contributed by atoms with Crippen molar-refractivity contribution >= 4 is 5.91 Å². The first-order valence-corrected chi connectivity index (χ1v) is 7.08. The summed E-state index contributed by atoms with van der Waals surface area (Å²) in [6.07, 6.45) is 3.13. The maximum absolute atomic E-state index is 12.6. The fraction of sp³-hybridized carbons (Fsp3) is 0.929. The van der Waals surface area contributed by atoms with Crippen molar-refractivity contribution in [1.82, 2.24) is 9.80 Å². The Balaban J connectivity index is 2.00. The van der Waals surface area contributed by atoms with Crippen LogP contribution in [-0.4, -0.2) is 59.1 Å². The highest BCUT2D eigenvalue weighted by molar-refractivity contribution is 5.79. The van der Waals surface area contributed by atoms with Crippen LogP contribution in [0.5, 0.6) is 0 Å². The van der Waals surface area contributed by atoms with Crippen LogP contribution >= 0.6 is 0 Å². The molecule has 2 aliphatic rings. The highest BCUT2D eigenvalue weighted by Crippen LogP contribution is 2.31. The van der Waals surface area contributed by atoms with Crippen molar-refractivity contribution in [3.63, 3.8) is 0 Å². The Labute approximate surface area is 110 Å². The third kappa shape index (κ3) is 2.86. The molecule has 2 saturated heterocycles. The van der Waals surface area contributed by atoms with Gasteiger partial charge in [0.2, 0.25) is 5.91 Å². The third-order valence-electron chi connectivity index (χ3n) is 4.49. The summed E-state index contributed by atoms with van der Waals surface area (Å²) < 4.78 is 0. The molecule has 18 heavy (non-hydrogen) atoms. The van der Waals surface area contributed by atoms with Crippen molar-refractivity contribution in [3.05, 3.63) is 0 Å². The average Bonchev–Trinajstić information content (AvgIpc) is 2.28. The molecule has 2 rings (SSSR count). The van der Waals surface area contributed by atoms with Gasteiger partial charge in [-0.15, -0.1) is 0 Å². The number of carbonyl (C=O) groups excluding carboxylic acids is 1. The lowest BCUT2D eigenvalue weighted by Gasteiger charge is -2.46. The Morgan fingerprint density at radius 3 is 2.33 bits per heavy atom. The zero-order valence-corrected chi connectivity index (χ0v) is 11.9. The number of rotatable bonds is 1. The summed E-state index contributed by atoms with van der Waals surface area (Å²) >= 11 is 0. The summed E-state index contributed by atoms with van der Waals surface area (Å²) in [6, 6.07) is 0. The largest absolute Gasteiger partial charge is 0.393 e. The molecular weight excluding hydrogens is 228 g/mol. The van der Waals surface area contributed by atoms with E-state index in [1.807, 2.05) is 4.90 Å². The van der Waals surface area contributed by atoms with Gasteiger partial charge >= 0.3 is 0 Å². The molecule has 4 nitrogen and oxygen atoms in total. The van der Waals surface area contributed by atoms with E-state index in [1.54, 1.807) is 0 Å². The predicted molar refractivity (Wildman–Crippen MR) is 71.3 cm³/mol. The molecule has 2 aliphatic heterocycles. The van der Waals surface area contributed by atoms with E-state index in [2.05, 4.69) is 25.8 Å². The molecule has 0 aromatic heterocycles. The van der Waals surface area contributed by atoms with Gasteiger partial charge in [0.25, 0.3) is 0 Å². The molecule has 1 atom stereocenters. The van der Waals surface area contributed by atoms with Crippen LogP contribution < -0.4 is 0 Å². The first kappa shape index (κ1) is 13.8. The maximum Gasteiger partial charge on any atom is 0.226 e. The Bertz CT molecular complexity index is 309. The Morgan fingerprint density at radius 1 is 1.17 bits per heavy atom. The first-order chi connectivity index (χ1) is 8.40. The van der Waals surface area contributed by atoms with E-state index < -0.39 is 0 Å². The predicted octanol–water partition coefficient (Wildman–Crippen LogP) is 1.09.